The lowest BCUT2D eigenvalue weighted by Gasteiger charge is -2.05. The molecule has 0 N–H and O–H groups in total. The van der Waals surface area contributed by atoms with Crippen molar-refractivity contribution in [3.63, 3.8) is 0 Å². The Morgan fingerprint density at radius 3 is 2.36 bits per heavy atom. The normalized spacial score (nSPS) is 11.0. The molecule has 2 aromatic rings. The second kappa shape index (κ2) is 10.9. The Labute approximate surface area is 152 Å². The van der Waals surface area contributed by atoms with Crippen LogP contribution in [-0.2, 0) is 11.8 Å². The Bertz CT molecular complexity index is 666. The summed E-state index contributed by atoms with van der Waals surface area (Å²) in [5.41, 5.74) is 1.07. The number of rotatable bonds is 11. The Morgan fingerprint density at radius 2 is 1.64 bits per heavy atom. The van der Waals surface area contributed by atoms with E-state index in [9.17, 15) is 4.79 Å². The van der Waals surface area contributed by atoms with Crippen LogP contribution in [0.2, 0.25) is 0 Å². The Morgan fingerprint density at radius 1 is 0.960 bits per heavy atom. The maximum atomic E-state index is 12.0. The number of fused-ring (bicyclic) bond motifs is 1. The third kappa shape index (κ3) is 6.85. The molecule has 0 spiro atoms. The molecule has 3 nitrogen and oxygen atoms in total. The second-order valence-corrected chi connectivity index (χ2v) is 6.89. The van der Waals surface area contributed by atoms with E-state index in [-0.39, 0.29) is 5.97 Å². The largest absolute Gasteiger partial charge is 0.426 e. The van der Waals surface area contributed by atoms with Gasteiger partial charge < -0.3 is 4.74 Å². The van der Waals surface area contributed by atoms with Crippen LogP contribution in [0.1, 0.15) is 71.1 Å². The van der Waals surface area contributed by atoms with Crippen molar-refractivity contribution < 1.29 is 14.1 Å². The van der Waals surface area contributed by atoms with Crippen molar-refractivity contribution in [3.8, 4) is 5.75 Å². The first kappa shape index (κ1) is 19.4. The molecule has 0 fully saturated rings. The lowest BCUT2D eigenvalue weighted by molar-refractivity contribution is -0.644. The molecule has 0 aliphatic rings. The van der Waals surface area contributed by atoms with E-state index in [1.807, 2.05) is 42.1 Å². The fourth-order valence-electron chi connectivity index (χ4n) is 3.15. The highest BCUT2D eigenvalue weighted by molar-refractivity contribution is 5.79. The van der Waals surface area contributed by atoms with Crippen LogP contribution in [0.25, 0.3) is 10.9 Å². The topological polar surface area (TPSA) is 30.2 Å². The van der Waals surface area contributed by atoms with Crippen molar-refractivity contribution >= 4 is 16.9 Å². The van der Waals surface area contributed by atoms with Gasteiger partial charge in [0.05, 0.1) is 6.07 Å². The molecule has 1 aromatic carbocycles. The minimum atomic E-state index is -0.124. The molecule has 0 amide bonds. The average molecular weight is 343 g/mol. The van der Waals surface area contributed by atoms with Crippen LogP contribution in [0.15, 0.2) is 36.5 Å². The van der Waals surface area contributed by atoms with Crippen molar-refractivity contribution in [2.24, 2.45) is 7.05 Å². The summed E-state index contributed by atoms with van der Waals surface area (Å²) in [6.45, 7) is 2.25. The van der Waals surface area contributed by atoms with E-state index in [4.69, 9.17) is 4.74 Å². The molecule has 1 aromatic heterocycles. The second-order valence-electron chi connectivity index (χ2n) is 6.89. The number of nitrogens with zero attached hydrogens (tertiary/aromatic N) is 1. The van der Waals surface area contributed by atoms with E-state index < -0.39 is 0 Å². The number of carbonyl (C=O) groups is 1. The number of unbranched alkanes of at least 4 members (excludes halogenated alkanes) is 8. The zero-order chi connectivity index (χ0) is 17.9. The highest BCUT2D eigenvalue weighted by Crippen LogP contribution is 2.19. The zero-order valence-electron chi connectivity index (χ0n) is 15.8. The number of hydrogen-bond donors (Lipinski definition) is 0. The molecule has 1 heterocycles. The lowest BCUT2D eigenvalue weighted by atomic mass is 10.1. The van der Waals surface area contributed by atoms with E-state index in [1.165, 1.54) is 44.9 Å². The van der Waals surface area contributed by atoms with Crippen LogP contribution in [0.3, 0.4) is 0 Å². The van der Waals surface area contributed by atoms with Crippen molar-refractivity contribution in [1.29, 1.82) is 0 Å². The quantitative estimate of drug-likeness (QED) is 0.234. The standard InChI is InChI=1S/C22H32NO2/c1-3-4-5-6-7-8-9-10-11-14-22(24)25-20-16-15-19-13-12-17-23(2)21(19)18-20/h12-13,15-18H,3-11,14H2,1-2H3/q+1. The Kier molecular flexibility index (Phi) is 8.44. The van der Waals surface area contributed by atoms with Gasteiger partial charge in [0, 0.05) is 17.9 Å². The minimum absolute atomic E-state index is 0.124. The number of aryl methyl sites for hydroxylation is 1. The number of ether oxygens (including phenoxy) is 1. The van der Waals surface area contributed by atoms with Crippen molar-refractivity contribution in [2.45, 2.75) is 71.1 Å². The van der Waals surface area contributed by atoms with Crippen LogP contribution in [0.4, 0.5) is 0 Å². The highest BCUT2D eigenvalue weighted by atomic mass is 16.5. The van der Waals surface area contributed by atoms with Crippen LogP contribution >= 0.6 is 0 Å². The molecule has 0 atom stereocenters. The summed E-state index contributed by atoms with van der Waals surface area (Å²) in [6, 6.07) is 9.87. The van der Waals surface area contributed by atoms with Gasteiger partial charge in [-0.25, -0.2) is 4.57 Å². The van der Waals surface area contributed by atoms with Gasteiger partial charge in [0.25, 0.3) is 0 Å². The minimum Gasteiger partial charge on any atom is -0.426 e. The predicted molar refractivity (Wildman–Crippen MR) is 103 cm³/mol. The molecule has 0 aliphatic heterocycles. The SMILES string of the molecule is CCCCCCCCCCCC(=O)Oc1ccc2ccc[n+](C)c2c1. The van der Waals surface area contributed by atoms with Crippen LogP contribution in [0, 0.1) is 0 Å². The third-order valence-electron chi connectivity index (χ3n) is 4.68. The Balaban J connectivity index is 1.65. The number of pyridine rings is 1. The molecule has 3 heteroatoms. The van der Waals surface area contributed by atoms with Gasteiger partial charge in [-0.15, -0.1) is 0 Å². The zero-order valence-corrected chi connectivity index (χ0v) is 15.8. The van der Waals surface area contributed by atoms with Gasteiger partial charge >= 0.3 is 5.97 Å². The van der Waals surface area contributed by atoms with Crippen molar-refractivity contribution in [2.75, 3.05) is 0 Å². The van der Waals surface area contributed by atoms with Gasteiger partial charge in [0.2, 0.25) is 5.52 Å². The van der Waals surface area contributed by atoms with E-state index in [0.29, 0.717) is 12.2 Å². The predicted octanol–water partition coefficient (Wildman–Crippen LogP) is 5.49. The summed E-state index contributed by atoms with van der Waals surface area (Å²) in [5.74, 6) is 0.510. The summed E-state index contributed by atoms with van der Waals surface area (Å²) in [4.78, 5) is 12.0. The molecule has 136 valence electrons. The van der Waals surface area contributed by atoms with E-state index in [1.54, 1.807) is 0 Å². The molecule has 0 saturated heterocycles. The number of hydrogen-bond acceptors (Lipinski definition) is 2. The first-order chi connectivity index (χ1) is 12.2. The molecule has 0 saturated carbocycles. The fraction of sp³-hybridized carbons (Fsp3) is 0.545. The highest BCUT2D eigenvalue weighted by Gasteiger charge is 2.09. The summed E-state index contributed by atoms with van der Waals surface area (Å²) >= 11 is 0. The first-order valence-corrected chi connectivity index (χ1v) is 9.80. The first-order valence-electron chi connectivity index (χ1n) is 9.80. The summed E-state index contributed by atoms with van der Waals surface area (Å²) in [7, 11) is 2.00. The molecule has 0 radical (unpaired) electrons. The van der Waals surface area contributed by atoms with Crippen molar-refractivity contribution in [1.82, 2.24) is 0 Å². The van der Waals surface area contributed by atoms with Crippen LogP contribution in [0.5, 0.6) is 5.75 Å². The fourth-order valence-corrected chi connectivity index (χ4v) is 3.15. The lowest BCUT2D eigenvalue weighted by Crippen LogP contribution is -2.27. The molecule has 2 rings (SSSR count). The summed E-state index contributed by atoms with van der Waals surface area (Å²) < 4.78 is 7.53. The number of benzene rings is 1. The Hall–Kier alpha value is -1.90. The van der Waals surface area contributed by atoms with Gasteiger partial charge in [-0.2, -0.15) is 0 Å². The maximum absolute atomic E-state index is 12.0. The van der Waals surface area contributed by atoms with E-state index in [0.717, 1.165) is 23.7 Å². The maximum Gasteiger partial charge on any atom is 0.311 e. The van der Waals surface area contributed by atoms with Gasteiger partial charge in [-0.05, 0) is 24.6 Å². The average Bonchev–Trinajstić information content (AvgIpc) is 2.61. The molecular formula is C22H32NO2+. The van der Waals surface area contributed by atoms with Crippen molar-refractivity contribution in [3.05, 3.63) is 36.5 Å². The molecule has 0 aliphatic carbocycles. The molecule has 25 heavy (non-hydrogen) atoms. The monoisotopic (exact) mass is 342 g/mol. The van der Waals surface area contributed by atoms with Crippen LogP contribution < -0.4 is 9.30 Å². The number of esters is 1. The van der Waals surface area contributed by atoms with Gasteiger partial charge in [0.1, 0.15) is 12.8 Å². The summed E-state index contributed by atoms with van der Waals surface area (Å²) in [5, 5.41) is 1.14. The molecule has 0 bridgehead atoms. The number of carbonyl (C=O) groups excluding carboxylic acids is 1. The van der Waals surface area contributed by atoms with E-state index in [2.05, 4.69) is 13.0 Å². The number of aromatic nitrogens is 1. The van der Waals surface area contributed by atoms with Crippen LogP contribution in [-0.4, -0.2) is 5.97 Å². The third-order valence-corrected chi connectivity index (χ3v) is 4.68. The smallest absolute Gasteiger partial charge is 0.311 e. The molecular weight excluding hydrogens is 310 g/mol. The van der Waals surface area contributed by atoms with Gasteiger partial charge in [-0.1, -0.05) is 58.3 Å². The van der Waals surface area contributed by atoms with E-state index >= 15 is 0 Å². The van der Waals surface area contributed by atoms with Gasteiger partial charge in [0.15, 0.2) is 6.20 Å². The van der Waals surface area contributed by atoms with Gasteiger partial charge in [-0.3, -0.25) is 4.79 Å². The summed E-state index contributed by atoms with van der Waals surface area (Å²) in [6.07, 6.45) is 13.8. The molecule has 0 unspecified atom stereocenters.